The van der Waals surface area contributed by atoms with E-state index >= 15 is 0 Å². The van der Waals surface area contributed by atoms with Crippen molar-refractivity contribution < 1.29 is 0 Å². The summed E-state index contributed by atoms with van der Waals surface area (Å²) >= 11 is 6.39. The second-order valence-corrected chi connectivity index (χ2v) is 6.44. The van der Waals surface area contributed by atoms with Gasteiger partial charge in [-0.2, -0.15) is 0 Å². The zero-order valence-corrected chi connectivity index (χ0v) is 14.2. The first-order chi connectivity index (χ1) is 11.8. The highest BCUT2D eigenvalue weighted by atomic mass is 35.5. The normalized spacial score (nSPS) is 15.8. The number of aromatic nitrogens is 2. The molecule has 1 aliphatic rings. The number of nitrogens with zero attached hydrogens (tertiary/aromatic N) is 4. The fraction of sp³-hybridized carbons (Fsp3) is 0.263. The first kappa shape index (κ1) is 15.4. The summed E-state index contributed by atoms with van der Waals surface area (Å²) in [5.74, 6) is 1.06. The predicted molar refractivity (Wildman–Crippen MR) is 98.5 cm³/mol. The zero-order chi connectivity index (χ0) is 16.4. The van der Waals surface area contributed by atoms with E-state index in [1.165, 1.54) is 0 Å². The molecule has 5 heteroatoms. The molecule has 1 aromatic carbocycles. The van der Waals surface area contributed by atoms with Gasteiger partial charge in [-0.05, 0) is 24.3 Å². The lowest BCUT2D eigenvalue weighted by atomic mass is 10.1. The molecular formula is C19H19ClN4. The van der Waals surface area contributed by atoms with E-state index in [1.807, 2.05) is 36.5 Å². The monoisotopic (exact) mass is 338 g/mol. The maximum absolute atomic E-state index is 6.39. The summed E-state index contributed by atoms with van der Waals surface area (Å²) in [6, 6.07) is 16.3. The summed E-state index contributed by atoms with van der Waals surface area (Å²) in [5.41, 5.74) is 2.05. The van der Waals surface area contributed by atoms with Crippen LogP contribution in [-0.2, 0) is 6.54 Å². The number of halogens is 1. The van der Waals surface area contributed by atoms with Crippen molar-refractivity contribution in [1.82, 2.24) is 14.9 Å². The quantitative estimate of drug-likeness (QED) is 0.683. The summed E-state index contributed by atoms with van der Waals surface area (Å²) in [6.45, 7) is 4.80. The molecule has 0 unspecified atom stereocenters. The minimum atomic E-state index is 0.612. The smallest absolute Gasteiger partial charge is 0.134 e. The Kier molecular flexibility index (Phi) is 4.32. The van der Waals surface area contributed by atoms with E-state index in [9.17, 15) is 0 Å². The predicted octanol–water partition coefficient (Wildman–Crippen LogP) is 3.61. The molecule has 4 rings (SSSR count). The van der Waals surface area contributed by atoms with Gasteiger partial charge in [0.15, 0.2) is 0 Å². The molecular weight excluding hydrogens is 320 g/mol. The van der Waals surface area contributed by atoms with Crippen LogP contribution in [0.4, 0.5) is 5.82 Å². The Balaban J connectivity index is 1.45. The highest BCUT2D eigenvalue weighted by molar-refractivity contribution is 6.30. The zero-order valence-electron chi connectivity index (χ0n) is 13.4. The molecule has 0 spiro atoms. The van der Waals surface area contributed by atoms with Crippen LogP contribution >= 0.6 is 11.6 Å². The first-order valence-electron chi connectivity index (χ1n) is 8.22. The van der Waals surface area contributed by atoms with E-state index in [0.717, 1.165) is 55.0 Å². The third-order valence-corrected chi connectivity index (χ3v) is 4.82. The number of piperazine rings is 1. The number of fused-ring (bicyclic) bond motifs is 1. The Bertz CT molecular complexity index is 829. The summed E-state index contributed by atoms with van der Waals surface area (Å²) in [5, 5.41) is 1.75. The molecule has 1 aliphatic heterocycles. The number of para-hydroxylation sites is 1. The van der Waals surface area contributed by atoms with Gasteiger partial charge in [0, 0.05) is 49.9 Å². The largest absolute Gasteiger partial charge is 0.354 e. The van der Waals surface area contributed by atoms with Gasteiger partial charge < -0.3 is 4.90 Å². The summed E-state index contributed by atoms with van der Waals surface area (Å²) in [4.78, 5) is 13.7. The third-order valence-electron chi connectivity index (χ3n) is 4.49. The first-order valence-corrected chi connectivity index (χ1v) is 8.60. The molecule has 0 bridgehead atoms. The molecule has 1 fully saturated rings. The van der Waals surface area contributed by atoms with Gasteiger partial charge in [-0.25, -0.2) is 9.97 Å². The molecule has 0 N–H and O–H groups in total. The SMILES string of the molecule is Clc1nc2ccccc2cc1CN1CCN(c2ccccn2)CC1. The lowest BCUT2D eigenvalue weighted by Gasteiger charge is -2.35. The van der Waals surface area contributed by atoms with Crippen molar-refractivity contribution in [3.8, 4) is 0 Å². The molecule has 2 aromatic heterocycles. The van der Waals surface area contributed by atoms with Crippen LogP contribution in [-0.4, -0.2) is 41.0 Å². The van der Waals surface area contributed by atoms with E-state index in [4.69, 9.17) is 11.6 Å². The lowest BCUT2D eigenvalue weighted by molar-refractivity contribution is 0.249. The Hall–Kier alpha value is -2.17. The van der Waals surface area contributed by atoms with Crippen LogP contribution in [0.5, 0.6) is 0 Å². The Morgan fingerprint density at radius 2 is 1.75 bits per heavy atom. The van der Waals surface area contributed by atoms with Crippen molar-refractivity contribution in [2.24, 2.45) is 0 Å². The molecule has 3 heterocycles. The van der Waals surface area contributed by atoms with Crippen molar-refractivity contribution in [1.29, 1.82) is 0 Å². The average Bonchev–Trinajstić information content (AvgIpc) is 2.64. The van der Waals surface area contributed by atoms with Crippen LogP contribution in [0.2, 0.25) is 5.15 Å². The van der Waals surface area contributed by atoms with E-state index < -0.39 is 0 Å². The number of anilines is 1. The van der Waals surface area contributed by atoms with Crippen molar-refractivity contribution in [2.75, 3.05) is 31.1 Å². The van der Waals surface area contributed by atoms with Gasteiger partial charge in [0.2, 0.25) is 0 Å². The van der Waals surface area contributed by atoms with Crippen molar-refractivity contribution in [3.05, 3.63) is 65.4 Å². The van der Waals surface area contributed by atoms with E-state index in [-0.39, 0.29) is 0 Å². The minimum Gasteiger partial charge on any atom is -0.354 e. The van der Waals surface area contributed by atoms with Gasteiger partial charge in [0.05, 0.1) is 5.52 Å². The third kappa shape index (κ3) is 3.21. The number of benzene rings is 1. The molecule has 3 aromatic rings. The maximum Gasteiger partial charge on any atom is 0.134 e. The Morgan fingerprint density at radius 3 is 2.54 bits per heavy atom. The average molecular weight is 339 g/mol. The van der Waals surface area contributed by atoms with Crippen LogP contribution < -0.4 is 4.90 Å². The molecule has 0 atom stereocenters. The number of rotatable bonds is 3. The van der Waals surface area contributed by atoms with Crippen LogP contribution in [0.15, 0.2) is 54.7 Å². The van der Waals surface area contributed by atoms with Crippen molar-refractivity contribution in [2.45, 2.75) is 6.54 Å². The lowest BCUT2D eigenvalue weighted by Crippen LogP contribution is -2.46. The van der Waals surface area contributed by atoms with Crippen LogP contribution in [0.25, 0.3) is 10.9 Å². The number of pyridine rings is 2. The van der Waals surface area contributed by atoms with Crippen molar-refractivity contribution in [3.63, 3.8) is 0 Å². The maximum atomic E-state index is 6.39. The summed E-state index contributed by atoms with van der Waals surface area (Å²) < 4.78 is 0. The Morgan fingerprint density at radius 1 is 0.958 bits per heavy atom. The van der Waals surface area contributed by atoms with E-state index in [0.29, 0.717) is 5.15 Å². The van der Waals surface area contributed by atoms with Gasteiger partial charge in [-0.1, -0.05) is 35.9 Å². The van der Waals surface area contributed by atoms with E-state index in [1.54, 1.807) is 0 Å². The highest BCUT2D eigenvalue weighted by Crippen LogP contribution is 2.22. The second-order valence-electron chi connectivity index (χ2n) is 6.08. The highest BCUT2D eigenvalue weighted by Gasteiger charge is 2.19. The van der Waals surface area contributed by atoms with Gasteiger partial charge >= 0.3 is 0 Å². The molecule has 24 heavy (non-hydrogen) atoms. The molecule has 4 nitrogen and oxygen atoms in total. The topological polar surface area (TPSA) is 32.3 Å². The fourth-order valence-corrected chi connectivity index (χ4v) is 3.37. The van der Waals surface area contributed by atoms with Crippen LogP contribution in [0.1, 0.15) is 5.56 Å². The molecule has 0 aliphatic carbocycles. The molecule has 122 valence electrons. The molecule has 1 saturated heterocycles. The van der Waals surface area contributed by atoms with Crippen LogP contribution in [0.3, 0.4) is 0 Å². The van der Waals surface area contributed by atoms with Gasteiger partial charge in [0.1, 0.15) is 11.0 Å². The standard InChI is InChI=1S/C19H19ClN4/c20-19-16(13-15-5-1-2-6-17(15)22-19)14-23-9-11-24(12-10-23)18-7-3-4-8-21-18/h1-8,13H,9-12,14H2. The second kappa shape index (κ2) is 6.75. The summed E-state index contributed by atoms with van der Waals surface area (Å²) in [7, 11) is 0. The van der Waals surface area contributed by atoms with Gasteiger partial charge in [-0.3, -0.25) is 4.90 Å². The number of hydrogen-bond acceptors (Lipinski definition) is 4. The Labute approximate surface area is 146 Å². The van der Waals surface area contributed by atoms with Crippen LogP contribution in [0, 0.1) is 0 Å². The van der Waals surface area contributed by atoms with E-state index in [2.05, 4.69) is 38.0 Å². The fourth-order valence-electron chi connectivity index (χ4n) is 3.16. The molecule has 0 saturated carbocycles. The number of hydrogen-bond donors (Lipinski definition) is 0. The van der Waals surface area contributed by atoms with Gasteiger partial charge in [0.25, 0.3) is 0 Å². The summed E-state index contributed by atoms with van der Waals surface area (Å²) in [6.07, 6.45) is 1.85. The van der Waals surface area contributed by atoms with Gasteiger partial charge in [-0.15, -0.1) is 0 Å². The van der Waals surface area contributed by atoms with Crippen molar-refractivity contribution >= 4 is 28.3 Å². The molecule has 0 radical (unpaired) electrons. The molecule has 0 amide bonds. The minimum absolute atomic E-state index is 0.612.